The van der Waals surface area contributed by atoms with E-state index in [1.807, 2.05) is 43.5 Å². The molecular formula is C26H31N3O5S. The van der Waals surface area contributed by atoms with Crippen LogP contribution in [0, 0.1) is 6.92 Å². The van der Waals surface area contributed by atoms with Gasteiger partial charge in [0.25, 0.3) is 5.91 Å². The minimum atomic E-state index is -0.371. The molecule has 4 bridgehead atoms. The Hall–Kier alpha value is -3.04. The molecule has 0 aromatic heterocycles. The van der Waals surface area contributed by atoms with Gasteiger partial charge in [-0.15, -0.1) is 0 Å². The van der Waals surface area contributed by atoms with Gasteiger partial charge >= 0.3 is 0 Å². The summed E-state index contributed by atoms with van der Waals surface area (Å²) in [5.41, 5.74) is 2.28. The first-order chi connectivity index (χ1) is 16.8. The molecule has 0 unspecified atom stereocenters. The van der Waals surface area contributed by atoms with Gasteiger partial charge in [0.05, 0.1) is 31.1 Å². The van der Waals surface area contributed by atoms with Crippen molar-refractivity contribution in [2.24, 2.45) is 0 Å². The molecule has 0 radical (unpaired) electrons. The maximum Gasteiger partial charge on any atom is 0.254 e. The van der Waals surface area contributed by atoms with Crippen LogP contribution in [0.3, 0.4) is 0 Å². The molecule has 2 aromatic carbocycles. The standard InChI is InChI=1S/C26H31N3O5S/c1-17-7-8-19-12-23(17)34-20-6-4-5-18(11-20)15-33-22-9-10-29(25(31)16-35-3)13-21(22)27-24(30)14-28(2)26(19)32/h4-8,11-12,21-22H,9-10,13-16H2,1-3H3,(H,27,30)/t21-,22+/m0/s1. The Bertz CT molecular complexity index is 1110. The van der Waals surface area contributed by atoms with Crippen LogP contribution < -0.4 is 10.1 Å². The van der Waals surface area contributed by atoms with E-state index in [0.29, 0.717) is 48.9 Å². The van der Waals surface area contributed by atoms with Crippen LogP contribution in [0.25, 0.3) is 0 Å². The minimum absolute atomic E-state index is 0.0460. The molecule has 1 saturated heterocycles. The topological polar surface area (TPSA) is 88.2 Å². The molecule has 2 atom stereocenters. The summed E-state index contributed by atoms with van der Waals surface area (Å²) >= 11 is 1.48. The summed E-state index contributed by atoms with van der Waals surface area (Å²) in [4.78, 5) is 41.6. The van der Waals surface area contributed by atoms with Crippen molar-refractivity contribution in [2.75, 3.05) is 38.7 Å². The monoisotopic (exact) mass is 497 g/mol. The first-order valence-electron chi connectivity index (χ1n) is 11.6. The van der Waals surface area contributed by atoms with Crippen molar-refractivity contribution < 1.29 is 23.9 Å². The quantitative estimate of drug-likeness (QED) is 0.687. The van der Waals surface area contributed by atoms with Crippen molar-refractivity contribution in [1.82, 2.24) is 15.1 Å². The number of rotatable bonds is 2. The number of likely N-dealkylation sites (tertiary alicyclic amines) is 1. The summed E-state index contributed by atoms with van der Waals surface area (Å²) < 4.78 is 12.4. The van der Waals surface area contributed by atoms with E-state index in [9.17, 15) is 14.4 Å². The fourth-order valence-corrected chi connectivity index (χ4v) is 4.77. The number of hydrogen-bond donors (Lipinski definition) is 1. The Morgan fingerprint density at radius 2 is 2.03 bits per heavy atom. The SMILES string of the molecule is CSCC(=O)N1CC[C@H]2OCc3cccc(c3)Oc3cc(ccc3C)C(=O)N(C)CC(=O)N[C@H]2C1. The van der Waals surface area contributed by atoms with E-state index in [1.54, 1.807) is 24.1 Å². The van der Waals surface area contributed by atoms with Crippen LogP contribution in [-0.2, 0) is 20.9 Å². The van der Waals surface area contributed by atoms with Gasteiger partial charge in [-0.1, -0.05) is 18.2 Å². The smallest absolute Gasteiger partial charge is 0.254 e. The van der Waals surface area contributed by atoms with Crippen molar-refractivity contribution in [3.05, 3.63) is 59.2 Å². The zero-order valence-corrected chi connectivity index (χ0v) is 21.1. The second-order valence-electron chi connectivity index (χ2n) is 8.98. The highest BCUT2D eigenvalue weighted by molar-refractivity contribution is 7.99. The number of amides is 3. The third-order valence-corrected chi connectivity index (χ3v) is 6.80. The first kappa shape index (κ1) is 25.1. The fraction of sp³-hybridized carbons (Fsp3) is 0.423. The molecule has 35 heavy (non-hydrogen) atoms. The Morgan fingerprint density at radius 1 is 1.20 bits per heavy atom. The third kappa shape index (κ3) is 6.15. The largest absolute Gasteiger partial charge is 0.457 e. The number of aryl methyl sites for hydroxylation is 1. The number of likely N-dealkylation sites (N-methyl/N-ethyl adjacent to an activating group) is 1. The normalized spacial score (nSPS) is 21.1. The number of hydrogen-bond acceptors (Lipinski definition) is 6. The second kappa shape index (κ2) is 11.1. The predicted molar refractivity (Wildman–Crippen MR) is 135 cm³/mol. The highest BCUT2D eigenvalue weighted by atomic mass is 32.2. The summed E-state index contributed by atoms with van der Waals surface area (Å²) in [6.07, 6.45) is 2.24. The second-order valence-corrected chi connectivity index (χ2v) is 9.84. The number of carbonyl (C=O) groups excluding carboxylic acids is 3. The molecule has 2 aliphatic rings. The summed E-state index contributed by atoms with van der Waals surface area (Å²) in [5.74, 6) is 1.11. The van der Waals surface area contributed by atoms with E-state index >= 15 is 0 Å². The van der Waals surface area contributed by atoms with Crippen molar-refractivity contribution in [2.45, 2.75) is 32.1 Å². The molecule has 2 aromatic rings. The molecule has 2 heterocycles. The van der Waals surface area contributed by atoms with Gasteiger partial charge in [-0.2, -0.15) is 11.8 Å². The van der Waals surface area contributed by atoms with Crippen molar-refractivity contribution in [1.29, 1.82) is 0 Å². The van der Waals surface area contributed by atoms with Gasteiger partial charge in [0.1, 0.15) is 11.5 Å². The predicted octanol–water partition coefficient (Wildman–Crippen LogP) is 2.84. The summed E-state index contributed by atoms with van der Waals surface area (Å²) in [5, 5.41) is 3.02. The van der Waals surface area contributed by atoms with E-state index in [-0.39, 0.29) is 36.4 Å². The first-order valence-corrected chi connectivity index (χ1v) is 13.0. The fourth-order valence-electron chi connectivity index (χ4n) is 4.34. The van der Waals surface area contributed by atoms with Gasteiger partial charge in [-0.3, -0.25) is 14.4 Å². The van der Waals surface area contributed by atoms with Crippen LogP contribution in [-0.4, -0.2) is 78.4 Å². The highest BCUT2D eigenvalue weighted by Crippen LogP contribution is 2.28. The Balaban J connectivity index is 1.62. The summed E-state index contributed by atoms with van der Waals surface area (Å²) in [6.45, 7) is 3.11. The number of fused-ring (bicyclic) bond motifs is 5. The number of thioether (sulfide) groups is 1. The highest BCUT2D eigenvalue weighted by Gasteiger charge is 2.33. The molecule has 2 aliphatic heterocycles. The van der Waals surface area contributed by atoms with Gasteiger partial charge in [-0.25, -0.2) is 0 Å². The molecule has 4 rings (SSSR count). The Morgan fingerprint density at radius 3 is 2.83 bits per heavy atom. The van der Waals surface area contributed by atoms with Crippen molar-refractivity contribution in [3.63, 3.8) is 0 Å². The van der Waals surface area contributed by atoms with Crippen LogP contribution >= 0.6 is 11.8 Å². The molecular weight excluding hydrogens is 466 g/mol. The van der Waals surface area contributed by atoms with Gasteiger partial charge < -0.3 is 24.6 Å². The maximum absolute atomic E-state index is 13.0. The number of nitrogens with one attached hydrogen (secondary N) is 1. The van der Waals surface area contributed by atoms with E-state index in [0.717, 1.165) is 11.1 Å². The van der Waals surface area contributed by atoms with E-state index in [4.69, 9.17) is 9.47 Å². The minimum Gasteiger partial charge on any atom is -0.457 e. The van der Waals surface area contributed by atoms with Crippen LogP contribution in [0.4, 0.5) is 0 Å². The number of nitrogens with zero attached hydrogens (tertiary/aromatic N) is 2. The molecule has 9 heteroatoms. The average Bonchev–Trinajstić information content (AvgIpc) is 2.84. The third-order valence-electron chi connectivity index (χ3n) is 6.27. The zero-order valence-electron chi connectivity index (χ0n) is 20.3. The lowest BCUT2D eigenvalue weighted by Crippen LogP contribution is -2.58. The lowest BCUT2D eigenvalue weighted by molar-refractivity contribution is -0.135. The zero-order chi connectivity index (χ0) is 24.9. The average molecular weight is 498 g/mol. The molecule has 1 N–H and O–H groups in total. The Kier molecular flexibility index (Phi) is 7.97. The van der Waals surface area contributed by atoms with Gasteiger partial charge in [-0.05, 0) is 55.0 Å². The van der Waals surface area contributed by atoms with Gasteiger partial charge in [0, 0.05) is 25.7 Å². The molecule has 3 amide bonds. The number of carbonyl (C=O) groups is 3. The van der Waals surface area contributed by atoms with Crippen LogP contribution in [0.5, 0.6) is 11.5 Å². The van der Waals surface area contributed by atoms with Crippen molar-refractivity contribution >= 4 is 29.5 Å². The molecule has 0 saturated carbocycles. The summed E-state index contributed by atoms with van der Waals surface area (Å²) in [6, 6.07) is 12.5. The maximum atomic E-state index is 13.0. The number of piperidine rings is 1. The van der Waals surface area contributed by atoms with Crippen LogP contribution in [0.15, 0.2) is 42.5 Å². The molecule has 186 valence electrons. The lowest BCUT2D eigenvalue weighted by atomic mass is 10.0. The van der Waals surface area contributed by atoms with E-state index in [1.165, 1.54) is 16.7 Å². The van der Waals surface area contributed by atoms with Crippen molar-refractivity contribution in [3.8, 4) is 11.5 Å². The van der Waals surface area contributed by atoms with Crippen LogP contribution in [0.2, 0.25) is 0 Å². The molecule has 8 nitrogen and oxygen atoms in total. The molecule has 1 fully saturated rings. The van der Waals surface area contributed by atoms with Gasteiger partial charge in [0.2, 0.25) is 11.8 Å². The number of benzene rings is 2. The van der Waals surface area contributed by atoms with Gasteiger partial charge in [0.15, 0.2) is 0 Å². The lowest BCUT2D eigenvalue weighted by Gasteiger charge is -2.39. The molecule has 0 spiro atoms. The summed E-state index contributed by atoms with van der Waals surface area (Å²) in [7, 11) is 1.60. The van der Waals surface area contributed by atoms with Crippen LogP contribution in [0.1, 0.15) is 27.9 Å². The number of ether oxygens (including phenoxy) is 2. The molecule has 0 aliphatic carbocycles. The van der Waals surface area contributed by atoms with E-state index in [2.05, 4.69) is 5.32 Å². The van der Waals surface area contributed by atoms with E-state index < -0.39 is 0 Å². The Labute approximate surface area is 209 Å².